The lowest BCUT2D eigenvalue weighted by molar-refractivity contribution is -0.128. The van der Waals surface area contributed by atoms with Gasteiger partial charge in [0.05, 0.1) is 5.56 Å². The van der Waals surface area contributed by atoms with Gasteiger partial charge in [0.2, 0.25) is 0 Å². The van der Waals surface area contributed by atoms with Crippen molar-refractivity contribution in [3.63, 3.8) is 0 Å². The highest BCUT2D eigenvalue weighted by molar-refractivity contribution is 7.16. The smallest absolute Gasteiger partial charge is 0.362 e. The van der Waals surface area contributed by atoms with Crippen molar-refractivity contribution in [1.82, 2.24) is 0 Å². The maximum absolute atomic E-state index is 12.2. The number of aliphatic imine (C=N–C) groups is 1. The highest BCUT2D eigenvalue weighted by Gasteiger charge is 2.28. The molecule has 5 nitrogen and oxygen atoms in total. The van der Waals surface area contributed by atoms with E-state index in [4.69, 9.17) is 4.74 Å². The Balaban J connectivity index is 1.74. The standard InChI is InChI=1S/C20H17NO4S/c1-11-6-8-12(9-7-11)15-10-14(20(24)25-15)21-18-17(19(22)23)13-4-2-3-5-16(13)26-18/h6-10H,2-5H2,1H3,(H,22,23). The Morgan fingerprint density at radius 1 is 1.19 bits per heavy atom. The SMILES string of the molecule is Cc1ccc(C2=CC(=Nc3sc4c(c3C(=O)O)CCCC4)C(=O)O2)cc1. The zero-order valence-corrected chi connectivity index (χ0v) is 15.1. The van der Waals surface area contributed by atoms with E-state index in [9.17, 15) is 14.7 Å². The summed E-state index contributed by atoms with van der Waals surface area (Å²) in [6, 6.07) is 7.64. The Kier molecular flexibility index (Phi) is 4.20. The summed E-state index contributed by atoms with van der Waals surface area (Å²) in [5, 5.41) is 10.00. The lowest BCUT2D eigenvalue weighted by Crippen LogP contribution is -2.08. The van der Waals surface area contributed by atoms with Crippen molar-refractivity contribution in [2.45, 2.75) is 32.6 Å². The summed E-state index contributed by atoms with van der Waals surface area (Å²) in [5.74, 6) is -1.10. The third-order valence-electron chi connectivity index (χ3n) is 4.60. The van der Waals surface area contributed by atoms with Gasteiger partial charge in [0.1, 0.15) is 10.8 Å². The van der Waals surface area contributed by atoms with Crippen molar-refractivity contribution >= 4 is 39.7 Å². The number of hydrogen-bond donors (Lipinski definition) is 1. The average molecular weight is 367 g/mol. The molecule has 1 N–H and O–H groups in total. The third kappa shape index (κ3) is 2.97. The minimum atomic E-state index is -0.988. The molecular weight excluding hydrogens is 350 g/mol. The number of nitrogens with zero attached hydrogens (tertiary/aromatic N) is 1. The van der Waals surface area contributed by atoms with Crippen molar-refractivity contribution < 1.29 is 19.4 Å². The molecule has 1 aliphatic heterocycles. The number of carbonyl (C=O) groups excluding carboxylic acids is 1. The van der Waals surface area contributed by atoms with E-state index in [-0.39, 0.29) is 11.3 Å². The maximum atomic E-state index is 12.2. The van der Waals surface area contributed by atoms with Gasteiger partial charge < -0.3 is 9.84 Å². The molecule has 0 atom stereocenters. The lowest BCUT2D eigenvalue weighted by atomic mass is 9.95. The molecule has 0 amide bonds. The van der Waals surface area contributed by atoms with Crippen LogP contribution in [0.2, 0.25) is 0 Å². The molecule has 4 rings (SSSR count). The number of cyclic esters (lactones) is 1. The van der Waals surface area contributed by atoms with Crippen LogP contribution in [0.5, 0.6) is 0 Å². The second kappa shape index (κ2) is 6.53. The van der Waals surface area contributed by atoms with Gasteiger partial charge in [-0.15, -0.1) is 11.3 Å². The Labute approximate surface area is 154 Å². The molecule has 0 radical (unpaired) electrons. The summed E-state index contributed by atoms with van der Waals surface area (Å²) >= 11 is 1.37. The van der Waals surface area contributed by atoms with Crippen molar-refractivity contribution in [3.05, 3.63) is 57.5 Å². The fraction of sp³-hybridized carbons (Fsp3) is 0.250. The second-order valence-corrected chi connectivity index (χ2v) is 7.54. The number of carboxylic acids is 1. The molecule has 0 unspecified atom stereocenters. The summed E-state index contributed by atoms with van der Waals surface area (Å²) in [6.07, 6.45) is 5.26. The Morgan fingerprint density at radius 3 is 2.65 bits per heavy atom. The minimum Gasteiger partial charge on any atom is -0.478 e. The lowest BCUT2D eigenvalue weighted by Gasteiger charge is -2.10. The summed E-state index contributed by atoms with van der Waals surface area (Å²) in [5.41, 5.74) is 3.16. The maximum Gasteiger partial charge on any atom is 0.362 e. The number of esters is 1. The number of hydrogen-bond acceptors (Lipinski definition) is 5. The first kappa shape index (κ1) is 16.7. The summed E-state index contributed by atoms with van der Waals surface area (Å²) < 4.78 is 5.32. The van der Waals surface area contributed by atoms with Crippen LogP contribution < -0.4 is 0 Å². The van der Waals surface area contributed by atoms with E-state index < -0.39 is 11.9 Å². The van der Waals surface area contributed by atoms with Crippen molar-refractivity contribution in [2.75, 3.05) is 0 Å². The van der Waals surface area contributed by atoms with Gasteiger partial charge in [-0.2, -0.15) is 0 Å². The highest BCUT2D eigenvalue weighted by atomic mass is 32.1. The molecule has 0 bridgehead atoms. The Morgan fingerprint density at radius 2 is 1.92 bits per heavy atom. The Bertz CT molecular complexity index is 966. The molecule has 0 saturated carbocycles. The van der Waals surface area contributed by atoms with Gasteiger partial charge in [0.15, 0.2) is 5.71 Å². The highest BCUT2D eigenvalue weighted by Crippen LogP contribution is 2.40. The van der Waals surface area contributed by atoms with Crippen LogP contribution in [0.3, 0.4) is 0 Å². The zero-order valence-electron chi connectivity index (χ0n) is 14.2. The van der Waals surface area contributed by atoms with Crippen molar-refractivity contribution in [3.8, 4) is 0 Å². The van der Waals surface area contributed by atoms with Gasteiger partial charge in [0.25, 0.3) is 0 Å². The van der Waals surface area contributed by atoms with Gasteiger partial charge in [-0.1, -0.05) is 29.8 Å². The predicted molar refractivity (Wildman–Crippen MR) is 100 cm³/mol. The van der Waals surface area contributed by atoms with Crippen LogP contribution in [0.4, 0.5) is 5.00 Å². The minimum absolute atomic E-state index is 0.140. The molecule has 0 spiro atoms. The van der Waals surface area contributed by atoms with Crippen LogP contribution in [0.1, 0.15) is 44.8 Å². The first-order valence-electron chi connectivity index (χ1n) is 8.50. The van der Waals surface area contributed by atoms with Crippen LogP contribution >= 0.6 is 11.3 Å². The topological polar surface area (TPSA) is 76.0 Å². The van der Waals surface area contributed by atoms with E-state index in [0.717, 1.165) is 47.3 Å². The van der Waals surface area contributed by atoms with Gasteiger partial charge in [0, 0.05) is 16.5 Å². The first-order chi connectivity index (χ1) is 12.5. The summed E-state index contributed by atoms with van der Waals surface area (Å²) in [7, 11) is 0. The number of fused-ring (bicyclic) bond motifs is 1. The van der Waals surface area contributed by atoms with Gasteiger partial charge in [-0.25, -0.2) is 14.6 Å². The first-order valence-corrected chi connectivity index (χ1v) is 9.32. The summed E-state index contributed by atoms with van der Waals surface area (Å²) in [4.78, 5) is 29.4. The Hall–Kier alpha value is -2.73. The molecule has 1 aromatic heterocycles. The number of aryl methyl sites for hydroxylation is 2. The van der Waals surface area contributed by atoms with Crippen LogP contribution in [-0.2, 0) is 22.4 Å². The number of ether oxygens (including phenoxy) is 1. The fourth-order valence-corrected chi connectivity index (χ4v) is 4.53. The van der Waals surface area contributed by atoms with E-state index in [1.165, 1.54) is 11.3 Å². The van der Waals surface area contributed by atoms with Crippen molar-refractivity contribution in [1.29, 1.82) is 0 Å². The number of benzene rings is 1. The number of carboxylic acid groups (broad SMARTS) is 1. The van der Waals surface area contributed by atoms with Crippen molar-refractivity contribution in [2.24, 2.45) is 4.99 Å². The zero-order chi connectivity index (χ0) is 18.3. The van der Waals surface area contributed by atoms with E-state index in [1.807, 2.05) is 31.2 Å². The fourth-order valence-electron chi connectivity index (χ4n) is 3.26. The van der Waals surface area contributed by atoms with E-state index in [0.29, 0.717) is 10.8 Å². The molecule has 132 valence electrons. The predicted octanol–water partition coefficient (Wildman–Crippen LogP) is 4.30. The molecule has 6 heteroatoms. The number of rotatable bonds is 3. The van der Waals surface area contributed by atoms with E-state index in [1.54, 1.807) is 6.08 Å². The van der Waals surface area contributed by atoms with Gasteiger partial charge in [-0.3, -0.25) is 0 Å². The van der Waals surface area contributed by atoms with Crippen LogP contribution in [0.25, 0.3) is 5.76 Å². The number of carbonyl (C=O) groups is 2. The van der Waals surface area contributed by atoms with Gasteiger partial charge in [-0.05, 0) is 38.2 Å². The van der Waals surface area contributed by atoms with E-state index >= 15 is 0 Å². The number of aromatic carboxylic acids is 1. The van der Waals surface area contributed by atoms with Gasteiger partial charge >= 0.3 is 11.9 Å². The molecule has 2 aromatic rings. The molecule has 0 saturated heterocycles. The molecule has 0 fully saturated rings. The quantitative estimate of drug-likeness (QED) is 0.821. The summed E-state index contributed by atoms with van der Waals surface area (Å²) in [6.45, 7) is 1.98. The molecule has 1 aromatic carbocycles. The molecule has 26 heavy (non-hydrogen) atoms. The largest absolute Gasteiger partial charge is 0.478 e. The van der Waals surface area contributed by atoms with Crippen LogP contribution in [0.15, 0.2) is 35.3 Å². The molecule has 1 aliphatic carbocycles. The third-order valence-corrected chi connectivity index (χ3v) is 5.79. The average Bonchev–Trinajstić information content (AvgIpc) is 3.16. The van der Waals surface area contributed by atoms with E-state index in [2.05, 4.69) is 4.99 Å². The monoisotopic (exact) mass is 367 g/mol. The van der Waals surface area contributed by atoms with Crippen LogP contribution in [0, 0.1) is 6.92 Å². The molecule has 2 aliphatic rings. The normalized spacial score (nSPS) is 17.8. The number of thiophene rings is 1. The van der Waals surface area contributed by atoms with Crippen LogP contribution in [-0.4, -0.2) is 22.8 Å². The molecular formula is C20H17NO4S. The second-order valence-electron chi connectivity index (χ2n) is 6.46. The molecule has 2 heterocycles.